The first-order valence-electron chi connectivity index (χ1n) is 3.43. The molecule has 0 unspecified atom stereocenters. The fourth-order valence-corrected chi connectivity index (χ4v) is 2.18. The van der Waals surface area contributed by atoms with Gasteiger partial charge in [0.05, 0.1) is 14.7 Å². The highest BCUT2D eigenvalue weighted by Crippen LogP contribution is 2.34. The summed E-state index contributed by atoms with van der Waals surface area (Å²) in [4.78, 5) is 4.20. The Morgan fingerprint density at radius 3 is 2.92 bits per heavy atom. The van der Waals surface area contributed by atoms with Crippen LogP contribution in [0.1, 0.15) is 5.01 Å². The predicted octanol–water partition coefficient (Wildman–Crippen LogP) is 2.96. The molecule has 1 aromatic carbocycles. The summed E-state index contributed by atoms with van der Waals surface area (Å²) in [6, 6.07) is 3.24. The highest BCUT2D eigenvalue weighted by atomic mass is 35.5. The van der Waals surface area contributed by atoms with Crippen molar-refractivity contribution in [1.29, 1.82) is 0 Å². The summed E-state index contributed by atoms with van der Waals surface area (Å²) in [6.07, 6.45) is 0. The molecule has 0 aliphatic rings. The van der Waals surface area contributed by atoms with E-state index >= 15 is 0 Å². The molecule has 2 nitrogen and oxygen atoms in total. The summed E-state index contributed by atoms with van der Waals surface area (Å²) in [5.74, 6) is 0.250. The summed E-state index contributed by atoms with van der Waals surface area (Å²) >= 11 is 7.32. The Labute approximate surface area is 78.4 Å². The van der Waals surface area contributed by atoms with Crippen molar-refractivity contribution < 1.29 is 5.11 Å². The van der Waals surface area contributed by atoms with Crippen LogP contribution in [0, 0.1) is 6.92 Å². The van der Waals surface area contributed by atoms with Crippen LogP contribution in [0.25, 0.3) is 10.2 Å². The van der Waals surface area contributed by atoms with Gasteiger partial charge in [0.15, 0.2) is 0 Å². The Morgan fingerprint density at radius 1 is 1.50 bits per heavy atom. The normalized spacial score (nSPS) is 10.8. The largest absolute Gasteiger partial charge is 0.506 e. The van der Waals surface area contributed by atoms with Crippen LogP contribution in [0.15, 0.2) is 12.1 Å². The number of benzene rings is 1. The van der Waals surface area contributed by atoms with E-state index in [1.165, 1.54) is 11.3 Å². The van der Waals surface area contributed by atoms with Crippen molar-refractivity contribution in [1.82, 2.24) is 4.98 Å². The maximum Gasteiger partial charge on any atom is 0.135 e. The van der Waals surface area contributed by atoms with Gasteiger partial charge in [-0.3, -0.25) is 0 Å². The fraction of sp³-hybridized carbons (Fsp3) is 0.125. The molecule has 0 bridgehead atoms. The number of phenolic OH excluding ortho intramolecular Hbond substituents is 1. The summed E-state index contributed by atoms with van der Waals surface area (Å²) in [5, 5.41) is 10.9. The zero-order valence-electron chi connectivity index (χ0n) is 6.34. The second-order valence-electron chi connectivity index (χ2n) is 2.48. The molecule has 0 saturated carbocycles. The molecule has 1 aromatic heterocycles. The van der Waals surface area contributed by atoms with Gasteiger partial charge in [-0.1, -0.05) is 11.6 Å². The lowest BCUT2D eigenvalue weighted by molar-refractivity contribution is 0.482. The average molecular weight is 200 g/mol. The first kappa shape index (κ1) is 7.83. The summed E-state index contributed by atoms with van der Waals surface area (Å²) < 4.78 is 0.764. The van der Waals surface area contributed by atoms with Gasteiger partial charge in [-0.25, -0.2) is 4.98 Å². The van der Waals surface area contributed by atoms with Gasteiger partial charge in [0.25, 0.3) is 0 Å². The molecule has 0 fully saturated rings. The zero-order chi connectivity index (χ0) is 8.72. The number of aryl methyl sites for hydroxylation is 1. The molecule has 0 spiro atoms. The van der Waals surface area contributed by atoms with E-state index in [1.807, 2.05) is 6.92 Å². The van der Waals surface area contributed by atoms with Gasteiger partial charge in [0.1, 0.15) is 11.3 Å². The second-order valence-corrected chi connectivity index (χ2v) is 4.09. The number of aromatic hydroxyl groups is 1. The fourth-order valence-electron chi connectivity index (χ4n) is 1.07. The molecule has 2 rings (SSSR count). The van der Waals surface area contributed by atoms with Crippen molar-refractivity contribution in [3.63, 3.8) is 0 Å². The minimum atomic E-state index is 0.250. The number of rotatable bonds is 0. The van der Waals surface area contributed by atoms with Gasteiger partial charge < -0.3 is 5.11 Å². The minimum Gasteiger partial charge on any atom is -0.506 e. The van der Waals surface area contributed by atoms with Gasteiger partial charge in [-0.05, 0) is 19.1 Å². The summed E-state index contributed by atoms with van der Waals surface area (Å²) in [6.45, 7) is 1.89. The van der Waals surface area contributed by atoms with Gasteiger partial charge in [0, 0.05) is 0 Å². The molecule has 1 N–H and O–H groups in total. The van der Waals surface area contributed by atoms with Crippen LogP contribution >= 0.6 is 22.9 Å². The zero-order valence-corrected chi connectivity index (χ0v) is 7.91. The van der Waals surface area contributed by atoms with E-state index in [1.54, 1.807) is 12.1 Å². The van der Waals surface area contributed by atoms with E-state index in [4.69, 9.17) is 11.6 Å². The maximum atomic E-state index is 9.42. The van der Waals surface area contributed by atoms with Crippen molar-refractivity contribution >= 4 is 33.2 Å². The number of aromatic nitrogens is 1. The smallest absolute Gasteiger partial charge is 0.135 e. The Kier molecular flexibility index (Phi) is 1.70. The van der Waals surface area contributed by atoms with Crippen LogP contribution in [-0.4, -0.2) is 10.1 Å². The summed E-state index contributed by atoms with van der Waals surface area (Å²) in [5.41, 5.74) is 0.694. The predicted molar refractivity (Wildman–Crippen MR) is 51.0 cm³/mol. The van der Waals surface area contributed by atoms with Gasteiger partial charge in [0.2, 0.25) is 0 Å². The maximum absolute atomic E-state index is 9.42. The van der Waals surface area contributed by atoms with Crippen LogP contribution in [-0.2, 0) is 0 Å². The monoisotopic (exact) mass is 199 g/mol. The quantitative estimate of drug-likeness (QED) is 0.708. The van der Waals surface area contributed by atoms with Gasteiger partial charge in [-0.15, -0.1) is 11.3 Å². The lowest BCUT2D eigenvalue weighted by Crippen LogP contribution is -1.71. The van der Waals surface area contributed by atoms with Crippen molar-refractivity contribution in [3.8, 4) is 5.75 Å². The molecule has 0 radical (unpaired) electrons. The number of nitrogens with zero attached hydrogens (tertiary/aromatic N) is 1. The second kappa shape index (κ2) is 2.61. The molecule has 12 heavy (non-hydrogen) atoms. The highest BCUT2D eigenvalue weighted by molar-refractivity contribution is 7.19. The van der Waals surface area contributed by atoms with Crippen LogP contribution in [0.3, 0.4) is 0 Å². The number of hydrogen-bond donors (Lipinski definition) is 1. The standard InChI is InChI=1S/C8H6ClNOS/c1-4-10-7-5(9)2-3-6(11)8(7)12-4/h2-3,11H,1H3. The average Bonchev–Trinajstić information content (AvgIpc) is 2.41. The van der Waals surface area contributed by atoms with Gasteiger partial charge in [-0.2, -0.15) is 0 Å². The van der Waals surface area contributed by atoms with Crippen molar-refractivity contribution in [3.05, 3.63) is 22.2 Å². The molecule has 4 heteroatoms. The molecule has 2 aromatic rings. The van der Waals surface area contributed by atoms with Crippen molar-refractivity contribution in [2.45, 2.75) is 6.92 Å². The Bertz CT molecular complexity index is 399. The third-order valence-electron chi connectivity index (χ3n) is 1.58. The molecule has 0 atom stereocenters. The van der Waals surface area contributed by atoms with Crippen molar-refractivity contribution in [2.75, 3.05) is 0 Å². The van der Waals surface area contributed by atoms with Crippen LogP contribution in [0.2, 0.25) is 5.02 Å². The SMILES string of the molecule is Cc1nc2c(Cl)ccc(O)c2s1. The number of halogens is 1. The highest BCUT2D eigenvalue weighted by Gasteiger charge is 2.07. The van der Waals surface area contributed by atoms with E-state index in [2.05, 4.69) is 4.98 Å². The lowest BCUT2D eigenvalue weighted by atomic mass is 10.3. The number of fused-ring (bicyclic) bond motifs is 1. The molecule has 0 aliphatic carbocycles. The molecule has 0 aliphatic heterocycles. The molecular weight excluding hydrogens is 194 g/mol. The Morgan fingerprint density at radius 2 is 2.25 bits per heavy atom. The number of phenols is 1. The van der Waals surface area contributed by atoms with E-state index in [9.17, 15) is 5.11 Å². The van der Waals surface area contributed by atoms with Crippen molar-refractivity contribution in [2.24, 2.45) is 0 Å². The first-order valence-corrected chi connectivity index (χ1v) is 4.62. The first-order chi connectivity index (χ1) is 5.68. The molecular formula is C8H6ClNOS. The van der Waals surface area contributed by atoms with Gasteiger partial charge >= 0.3 is 0 Å². The van der Waals surface area contributed by atoms with E-state index in [0.717, 1.165) is 9.71 Å². The topological polar surface area (TPSA) is 33.1 Å². The number of hydrogen-bond acceptors (Lipinski definition) is 3. The molecule has 0 saturated heterocycles. The molecule has 1 heterocycles. The van der Waals surface area contributed by atoms with Crippen LogP contribution in [0.4, 0.5) is 0 Å². The molecule has 62 valence electrons. The molecule has 0 amide bonds. The minimum absolute atomic E-state index is 0.250. The van der Waals surface area contributed by atoms with E-state index in [-0.39, 0.29) is 5.75 Å². The lowest BCUT2D eigenvalue weighted by Gasteiger charge is -1.93. The Hall–Kier alpha value is -0.800. The Balaban J connectivity index is 2.93. The van der Waals surface area contributed by atoms with E-state index in [0.29, 0.717) is 10.5 Å². The van der Waals surface area contributed by atoms with Crippen LogP contribution < -0.4 is 0 Å². The summed E-state index contributed by atoms with van der Waals surface area (Å²) in [7, 11) is 0. The third kappa shape index (κ3) is 1.06. The van der Waals surface area contributed by atoms with Crippen LogP contribution in [0.5, 0.6) is 5.75 Å². The van der Waals surface area contributed by atoms with E-state index < -0.39 is 0 Å². The third-order valence-corrected chi connectivity index (χ3v) is 2.88. The number of thiazole rings is 1.